The van der Waals surface area contributed by atoms with Crippen LogP contribution in [-0.4, -0.2) is 18.7 Å². The SMILES string of the molecule is CNS(=O)(=O)C(C)I. The highest BCUT2D eigenvalue weighted by atomic mass is 127. The predicted molar refractivity (Wildman–Crippen MR) is 41.5 cm³/mol. The van der Waals surface area contributed by atoms with Crippen LogP contribution in [0.3, 0.4) is 0 Å². The van der Waals surface area contributed by atoms with E-state index in [0.29, 0.717) is 0 Å². The van der Waals surface area contributed by atoms with Crippen molar-refractivity contribution in [3.8, 4) is 0 Å². The van der Waals surface area contributed by atoms with E-state index >= 15 is 0 Å². The zero-order valence-corrected chi connectivity index (χ0v) is 7.65. The van der Waals surface area contributed by atoms with Crippen molar-refractivity contribution in [1.29, 1.82) is 0 Å². The zero-order valence-electron chi connectivity index (χ0n) is 4.68. The molecule has 0 fully saturated rings. The van der Waals surface area contributed by atoms with Crippen molar-refractivity contribution in [2.75, 3.05) is 7.05 Å². The third-order valence-corrected chi connectivity index (χ3v) is 4.14. The topological polar surface area (TPSA) is 46.2 Å². The van der Waals surface area contributed by atoms with Crippen LogP contribution in [-0.2, 0) is 10.0 Å². The Morgan fingerprint density at radius 3 is 2.00 bits per heavy atom. The Morgan fingerprint density at radius 2 is 2.00 bits per heavy atom. The Bertz CT molecular complexity index is 151. The van der Waals surface area contributed by atoms with Crippen molar-refractivity contribution < 1.29 is 8.42 Å². The maximum Gasteiger partial charge on any atom is 0.223 e. The lowest BCUT2D eigenvalue weighted by atomic mass is 11.0. The average Bonchev–Trinajstić information content (AvgIpc) is 1.67. The van der Waals surface area contributed by atoms with Crippen LogP contribution in [0.4, 0.5) is 0 Å². The first-order chi connectivity index (χ1) is 3.50. The molecular formula is C3H8INO2S. The van der Waals surface area contributed by atoms with Gasteiger partial charge in [0.05, 0.1) is 0 Å². The lowest BCUT2D eigenvalue weighted by Crippen LogP contribution is -2.25. The second-order valence-electron chi connectivity index (χ2n) is 1.29. The zero-order chi connectivity index (χ0) is 6.78. The van der Waals surface area contributed by atoms with E-state index in [-0.39, 0.29) is 3.26 Å². The summed E-state index contributed by atoms with van der Waals surface area (Å²) in [4.78, 5) is 0. The van der Waals surface area contributed by atoms with E-state index in [4.69, 9.17) is 0 Å². The average molecular weight is 249 g/mol. The molecule has 0 aromatic rings. The van der Waals surface area contributed by atoms with Gasteiger partial charge in [0.15, 0.2) is 0 Å². The quantitative estimate of drug-likeness (QED) is 0.565. The van der Waals surface area contributed by atoms with Crippen LogP contribution in [0.5, 0.6) is 0 Å². The third-order valence-electron chi connectivity index (χ3n) is 0.712. The van der Waals surface area contributed by atoms with Crippen molar-refractivity contribution >= 4 is 32.6 Å². The number of rotatable bonds is 2. The molecule has 0 aromatic carbocycles. The molecule has 0 heterocycles. The van der Waals surface area contributed by atoms with Crippen LogP contribution in [0.15, 0.2) is 0 Å². The molecule has 1 unspecified atom stereocenters. The molecule has 3 nitrogen and oxygen atoms in total. The summed E-state index contributed by atoms with van der Waals surface area (Å²) in [7, 11) is -1.59. The van der Waals surface area contributed by atoms with Crippen LogP contribution in [0.25, 0.3) is 0 Å². The molecule has 0 aliphatic rings. The Morgan fingerprint density at radius 1 is 1.62 bits per heavy atom. The Balaban J connectivity index is 4.17. The molecule has 50 valence electrons. The highest BCUT2D eigenvalue weighted by Crippen LogP contribution is 2.04. The summed E-state index contributed by atoms with van der Waals surface area (Å²) in [5.74, 6) is 0. The van der Waals surface area contributed by atoms with E-state index in [2.05, 4.69) is 4.72 Å². The van der Waals surface area contributed by atoms with E-state index in [1.54, 1.807) is 6.92 Å². The van der Waals surface area contributed by atoms with Crippen LogP contribution in [0.1, 0.15) is 6.92 Å². The fourth-order valence-corrected chi connectivity index (χ4v) is 1.25. The standard InChI is InChI=1S/C3H8INO2S/c1-3(4)8(6,7)5-2/h3,5H,1-2H3. The highest BCUT2D eigenvalue weighted by Gasteiger charge is 2.12. The van der Waals surface area contributed by atoms with Gasteiger partial charge in [-0.3, -0.25) is 0 Å². The van der Waals surface area contributed by atoms with Gasteiger partial charge in [-0.2, -0.15) is 0 Å². The second-order valence-corrected chi connectivity index (χ2v) is 6.21. The van der Waals surface area contributed by atoms with Crippen LogP contribution >= 0.6 is 22.6 Å². The molecule has 0 rings (SSSR count). The van der Waals surface area contributed by atoms with Crippen molar-refractivity contribution in [2.24, 2.45) is 0 Å². The maximum atomic E-state index is 10.6. The molecule has 0 aliphatic heterocycles. The molecule has 0 amide bonds. The molecule has 1 N–H and O–H groups in total. The first-order valence-electron chi connectivity index (χ1n) is 2.07. The minimum absolute atomic E-state index is 0.356. The monoisotopic (exact) mass is 249 g/mol. The van der Waals surface area contributed by atoms with Crippen LogP contribution < -0.4 is 4.72 Å². The molecule has 0 aliphatic carbocycles. The van der Waals surface area contributed by atoms with Crippen molar-refractivity contribution in [3.63, 3.8) is 0 Å². The highest BCUT2D eigenvalue weighted by molar-refractivity contribution is 14.1. The van der Waals surface area contributed by atoms with Gasteiger partial charge >= 0.3 is 0 Å². The van der Waals surface area contributed by atoms with Crippen LogP contribution in [0.2, 0.25) is 0 Å². The van der Waals surface area contributed by atoms with Crippen molar-refractivity contribution in [3.05, 3.63) is 0 Å². The molecular weight excluding hydrogens is 241 g/mol. The van der Waals surface area contributed by atoms with Crippen molar-refractivity contribution in [2.45, 2.75) is 10.2 Å². The molecule has 5 heteroatoms. The van der Waals surface area contributed by atoms with Gasteiger partial charge in [0.1, 0.15) is 3.26 Å². The first-order valence-corrected chi connectivity index (χ1v) is 4.86. The van der Waals surface area contributed by atoms with E-state index < -0.39 is 10.0 Å². The Hall–Kier alpha value is 0.640. The minimum atomic E-state index is -3.00. The largest absolute Gasteiger partial charge is 0.223 e. The number of halogens is 1. The molecule has 0 spiro atoms. The van der Waals surface area contributed by atoms with Gasteiger partial charge < -0.3 is 0 Å². The molecule has 8 heavy (non-hydrogen) atoms. The number of hydrogen-bond donors (Lipinski definition) is 1. The summed E-state index contributed by atoms with van der Waals surface area (Å²) >= 11 is 1.83. The third kappa shape index (κ3) is 2.27. The van der Waals surface area contributed by atoms with E-state index in [0.717, 1.165) is 0 Å². The number of alkyl halides is 1. The lowest BCUT2D eigenvalue weighted by Gasteiger charge is -2.01. The number of hydrogen-bond acceptors (Lipinski definition) is 2. The molecule has 0 bridgehead atoms. The summed E-state index contributed by atoms with van der Waals surface area (Å²) in [5, 5.41) is 0. The molecule has 0 aromatic heterocycles. The predicted octanol–water partition coefficient (Wildman–Crippen LogP) is 0.317. The molecule has 1 atom stereocenters. The molecule has 0 saturated carbocycles. The van der Waals surface area contributed by atoms with Crippen molar-refractivity contribution in [1.82, 2.24) is 4.72 Å². The summed E-state index contributed by atoms with van der Waals surface area (Å²) in [6, 6.07) is 0. The van der Waals surface area contributed by atoms with E-state index in [1.807, 2.05) is 22.6 Å². The summed E-state index contributed by atoms with van der Waals surface area (Å²) in [6.07, 6.45) is 0. The van der Waals surface area contributed by atoms with Gasteiger partial charge in [0.2, 0.25) is 10.0 Å². The van der Waals surface area contributed by atoms with E-state index in [9.17, 15) is 8.42 Å². The fraction of sp³-hybridized carbons (Fsp3) is 1.00. The first kappa shape index (κ1) is 8.64. The van der Waals surface area contributed by atoms with Gasteiger partial charge in [0.25, 0.3) is 0 Å². The summed E-state index contributed by atoms with van der Waals surface area (Å²) < 4.78 is 23.0. The smallest absolute Gasteiger partial charge is 0.217 e. The normalized spacial score (nSPS) is 15.9. The molecule has 0 radical (unpaired) electrons. The number of nitrogens with one attached hydrogen (secondary N) is 1. The summed E-state index contributed by atoms with van der Waals surface area (Å²) in [5.41, 5.74) is 0. The summed E-state index contributed by atoms with van der Waals surface area (Å²) in [6.45, 7) is 1.62. The molecule has 0 saturated heterocycles. The lowest BCUT2D eigenvalue weighted by molar-refractivity contribution is 0.588. The van der Waals surface area contributed by atoms with Gasteiger partial charge in [-0.1, -0.05) is 22.6 Å². The maximum absolute atomic E-state index is 10.6. The van der Waals surface area contributed by atoms with Crippen LogP contribution in [0, 0.1) is 0 Å². The second kappa shape index (κ2) is 2.98. The van der Waals surface area contributed by atoms with Gasteiger partial charge in [-0.15, -0.1) is 0 Å². The number of sulfonamides is 1. The Labute approximate surface area is 63.0 Å². The Kier molecular flexibility index (Phi) is 3.21. The van der Waals surface area contributed by atoms with Gasteiger partial charge in [0, 0.05) is 0 Å². The van der Waals surface area contributed by atoms with E-state index in [1.165, 1.54) is 7.05 Å². The fourth-order valence-electron chi connectivity index (χ4n) is 0.162. The van der Waals surface area contributed by atoms with Gasteiger partial charge in [-0.25, -0.2) is 13.1 Å². The minimum Gasteiger partial charge on any atom is -0.217 e. The van der Waals surface area contributed by atoms with Gasteiger partial charge in [-0.05, 0) is 14.0 Å².